The summed E-state index contributed by atoms with van der Waals surface area (Å²) >= 11 is 0. The standard InChI is InChI=1S/C16H26N2O/c1-10-8-11(2)13(4)14(12(10)3)18(7)15(19)16(5,6)9-17/h8H,9,17H2,1-7H3. The number of anilines is 1. The fourth-order valence-corrected chi connectivity index (χ4v) is 2.34. The number of carbonyl (C=O) groups is 1. The Kier molecular flexibility index (Phi) is 4.41. The maximum Gasteiger partial charge on any atom is 0.233 e. The summed E-state index contributed by atoms with van der Waals surface area (Å²) in [5, 5.41) is 0. The highest BCUT2D eigenvalue weighted by Gasteiger charge is 2.31. The van der Waals surface area contributed by atoms with Gasteiger partial charge in [0.25, 0.3) is 0 Å². The van der Waals surface area contributed by atoms with Gasteiger partial charge in [0, 0.05) is 19.3 Å². The number of hydrogen-bond donors (Lipinski definition) is 1. The molecule has 0 heterocycles. The third kappa shape index (κ3) is 2.81. The minimum Gasteiger partial charge on any atom is -0.329 e. The van der Waals surface area contributed by atoms with E-state index in [-0.39, 0.29) is 5.91 Å². The van der Waals surface area contributed by atoms with E-state index >= 15 is 0 Å². The number of amides is 1. The first kappa shape index (κ1) is 15.7. The normalized spacial score (nSPS) is 11.6. The molecule has 0 atom stereocenters. The maximum atomic E-state index is 12.6. The first-order valence-electron chi connectivity index (χ1n) is 6.69. The molecule has 2 N–H and O–H groups in total. The summed E-state index contributed by atoms with van der Waals surface area (Å²) in [5.74, 6) is 0.0613. The average Bonchev–Trinajstić information content (AvgIpc) is 2.35. The van der Waals surface area contributed by atoms with E-state index in [1.165, 1.54) is 11.1 Å². The van der Waals surface area contributed by atoms with Crippen LogP contribution in [0, 0.1) is 33.1 Å². The van der Waals surface area contributed by atoms with Crippen molar-refractivity contribution in [1.29, 1.82) is 0 Å². The zero-order valence-corrected chi connectivity index (χ0v) is 13.2. The highest BCUT2D eigenvalue weighted by molar-refractivity contribution is 5.98. The molecular weight excluding hydrogens is 236 g/mol. The number of rotatable bonds is 3. The molecule has 0 saturated heterocycles. The zero-order chi connectivity index (χ0) is 15.0. The molecule has 0 aliphatic carbocycles. The SMILES string of the molecule is Cc1cc(C)c(C)c(N(C)C(=O)C(C)(C)CN)c1C. The number of nitrogens with zero attached hydrogens (tertiary/aromatic N) is 1. The van der Waals surface area contributed by atoms with Gasteiger partial charge in [-0.25, -0.2) is 0 Å². The van der Waals surface area contributed by atoms with Gasteiger partial charge >= 0.3 is 0 Å². The Hall–Kier alpha value is -1.35. The van der Waals surface area contributed by atoms with Gasteiger partial charge in [0.05, 0.1) is 5.41 Å². The van der Waals surface area contributed by atoms with Crippen LogP contribution in [0.4, 0.5) is 5.69 Å². The molecule has 0 aromatic heterocycles. The molecule has 0 bridgehead atoms. The molecule has 1 amide bonds. The molecule has 0 aliphatic rings. The highest BCUT2D eigenvalue weighted by Crippen LogP contribution is 2.31. The lowest BCUT2D eigenvalue weighted by atomic mass is 9.90. The molecule has 3 nitrogen and oxygen atoms in total. The van der Waals surface area contributed by atoms with E-state index in [0.717, 1.165) is 16.8 Å². The van der Waals surface area contributed by atoms with Crippen LogP contribution in [0.1, 0.15) is 36.1 Å². The Morgan fingerprint density at radius 1 is 1.16 bits per heavy atom. The predicted molar refractivity (Wildman–Crippen MR) is 81.6 cm³/mol. The van der Waals surface area contributed by atoms with E-state index in [1.807, 2.05) is 20.9 Å². The van der Waals surface area contributed by atoms with Crippen LogP contribution < -0.4 is 10.6 Å². The smallest absolute Gasteiger partial charge is 0.233 e. The minimum atomic E-state index is -0.536. The number of nitrogens with two attached hydrogens (primary N) is 1. The summed E-state index contributed by atoms with van der Waals surface area (Å²) in [7, 11) is 1.84. The van der Waals surface area contributed by atoms with Gasteiger partial charge in [-0.05, 0) is 63.8 Å². The summed E-state index contributed by atoms with van der Waals surface area (Å²) in [6.07, 6.45) is 0. The Bertz CT molecular complexity index is 478. The lowest BCUT2D eigenvalue weighted by molar-refractivity contribution is -0.125. The van der Waals surface area contributed by atoms with Gasteiger partial charge in [0.1, 0.15) is 0 Å². The summed E-state index contributed by atoms with van der Waals surface area (Å²) in [6, 6.07) is 2.17. The van der Waals surface area contributed by atoms with Gasteiger partial charge in [-0.1, -0.05) is 6.07 Å². The molecule has 0 saturated carbocycles. The van der Waals surface area contributed by atoms with Crippen molar-refractivity contribution in [3.8, 4) is 0 Å². The Labute approximate surface area is 116 Å². The van der Waals surface area contributed by atoms with Crippen molar-refractivity contribution in [3.05, 3.63) is 28.3 Å². The van der Waals surface area contributed by atoms with Gasteiger partial charge in [0.2, 0.25) is 5.91 Å². The van der Waals surface area contributed by atoms with Crippen molar-refractivity contribution in [2.75, 3.05) is 18.5 Å². The van der Waals surface area contributed by atoms with Gasteiger partial charge in [-0.3, -0.25) is 4.79 Å². The summed E-state index contributed by atoms with van der Waals surface area (Å²) in [5.41, 5.74) is 10.9. The number of carbonyl (C=O) groups excluding carboxylic acids is 1. The van der Waals surface area contributed by atoms with Crippen molar-refractivity contribution >= 4 is 11.6 Å². The molecule has 1 aromatic carbocycles. The monoisotopic (exact) mass is 262 g/mol. The minimum absolute atomic E-state index is 0.0613. The molecule has 1 rings (SSSR count). The number of benzene rings is 1. The van der Waals surface area contributed by atoms with E-state index in [4.69, 9.17) is 5.73 Å². The Morgan fingerprint density at radius 2 is 1.58 bits per heavy atom. The largest absolute Gasteiger partial charge is 0.329 e. The third-order valence-electron chi connectivity index (χ3n) is 4.06. The fourth-order valence-electron chi connectivity index (χ4n) is 2.34. The first-order chi connectivity index (χ1) is 8.63. The van der Waals surface area contributed by atoms with Crippen LogP contribution in [0.2, 0.25) is 0 Å². The Balaban J connectivity index is 3.35. The van der Waals surface area contributed by atoms with E-state index < -0.39 is 5.41 Å². The van der Waals surface area contributed by atoms with Crippen molar-refractivity contribution in [2.45, 2.75) is 41.5 Å². The predicted octanol–water partition coefficient (Wildman–Crippen LogP) is 2.87. The second-order valence-electron chi connectivity index (χ2n) is 6.06. The van der Waals surface area contributed by atoms with Crippen molar-refractivity contribution in [1.82, 2.24) is 0 Å². The van der Waals surface area contributed by atoms with Crippen LogP contribution in [0.15, 0.2) is 6.07 Å². The van der Waals surface area contributed by atoms with Crippen LogP contribution in [0.5, 0.6) is 0 Å². The second-order valence-corrected chi connectivity index (χ2v) is 6.06. The van der Waals surface area contributed by atoms with Crippen LogP contribution in [0.25, 0.3) is 0 Å². The van der Waals surface area contributed by atoms with Crippen LogP contribution in [-0.2, 0) is 4.79 Å². The van der Waals surface area contributed by atoms with Crippen LogP contribution >= 0.6 is 0 Å². The van der Waals surface area contributed by atoms with Crippen LogP contribution in [0.3, 0.4) is 0 Å². The fraction of sp³-hybridized carbons (Fsp3) is 0.562. The summed E-state index contributed by atoms with van der Waals surface area (Å²) in [6.45, 7) is 12.4. The third-order valence-corrected chi connectivity index (χ3v) is 4.06. The quantitative estimate of drug-likeness (QED) is 0.910. The molecule has 3 heteroatoms. The topological polar surface area (TPSA) is 46.3 Å². The lowest BCUT2D eigenvalue weighted by Gasteiger charge is -2.31. The molecule has 0 aliphatic heterocycles. The van der Waals surface area contributed by atoms with Gasteiger partial charge in [-0.15, -0.1) is 0 Å². The van der Waals surface area contributed by atoms with Crippen molar-refractivity contribution in [3.63, 3.8) is 0 Å². The van der Waals surface area contributed by atoms with Crippen LogP contribution in [-0.4, -0.2) is 19.5 Å². The van der Waals surface area contributed by atoms with E-state index in [2.05, 4.69) is 33.8 Å². The van der Waals surface area contributed by atoms with Crippen molar-refractivity contribution in [2.24, 2.45) is 11.1 Å². The molecule has 0 radical (unpaired) electrons. The van der Waals surface area contributed by atoms with Crippen molar-refractivity contribution < 1.29 is 4.79 Å². The van der Waals surface area contributed by atoms with Gasteiger partial charge in [0.15, 0.2) is 0 Å². The summed E-state index contributed by atoms with van der Waals surface area (Å²) < 4.78 is 0. The highest BCUT2D eigenvalue weighted by atomic mass is 16.2. The molecule has 0 fully saturated rings. The number of aryl methyl sites for hydroxylation is 2. The first-order valence-corrected chi connectivity index (χ1v) is 6.69. The molecule has 1 aromatic rings. The average molecular weight is 262 g/mol. The van der Waals surface area contributed by atoms with E-state index in [0.29, 0.717) is 6.54 Å². The summed E-state index contributed by atoms with van der Waals surface area (Å²) in [4.78, 5) is 14.3. The number of hydrogen-bond acceptors (Lipinski definition) is 2. The molecule has 0 unspecified atom stereocenters. The van der Waals surface area contributed by atoms with Gasteiger partial charge < -0.3 is 10.6 Å². The molecule has 19 heavy (non-hydrogen) atoms. The lowest BCUT2D eigenvalue weighted by Crippen LogP contribution is -2.43. The van der Waals surface area contributed by atoms with E-state index in [9.17, 15) is 4.79 Å². The Morgan fingerprint density at radius 3 is 1.95 bits per heavy atom. The zero-order valence-electron chi connectivity index (χ0n) is 13.2. The molecule has 106 valence electrons. The van der Waals surface area contributed by atoms with E-state index in [1.54, 1.807) is 4.90 Å². The van der Waals surface area contributed by atoms with Gasteiger partial charge in [-0.2, -0.15) is 0 Å². The second kappa shape index (κ2) is 5.33. The maximum absolute atomic E-state index is 12.6. The molecular formula is C16H26N2O. The molecule has 0 spiro atoms.